The molecule has 0 fully saturated rings. The summed E-state index contributed by atoms with van der Waals surface area (Å²) in [4.78, 5) is 3.89. The summed E-state index contributed by atoms with van der Waals surface area (Å²) in [5, 5.41) is 8.44. The van der Waals surface area contributed by atoms with Gasteiger partial charge < -0.3 is 10.3 Å². The minimum atomic E-state index is -2.58. The molecule has 2 N–H and O–H groups in total. The van der Waals surface area contributed by atoms with E-state index in [1.54, 1.807) is 11.6 Å². The summed E-state index contributed by atoms with van der Waals surface area (Å²) in [6.07, 6.45) is 2.60. The number of rotatable bonds is 5. The molecule has 0 aliphatic rings. The highest BCUT2D eigenvalue weighted by Gasteiger charge is 2.13. The van der Waals surface area contributed by atoms with Gasteiger partial charge in [0.05, 0.1) is 12.3 Å². The van der Waals surface area contributed by atoms with Crippen molar-refractivity contribution in [3.63, 3.8) is 0 Å². The molecule has 0 radical (unpaired) electrons. The van der Waals surface area contributed by atoms with Crippen molar-refractivity contribution in [2.24, 2.45) is 12.8 Å². The van der Waals surface area contributed by atoms with Crippen LogP contribution in [-0.4, -0.2) is 24.3 Å². The van der Waals surface area contributed by atoms with Crippen molar-refractivity contribution in [1.29, 1.82) is 0 Å². The molecule has 0 saturated carbocycles. The van der Waals surface area contributed by atoms with E-state index in [2.05, 4.69) is 15.2 Å². The second-order valence-electron chi connectivity index (χ2n) is 3.48. The molecule has 0 atom stereocenters. The van der Waals surface area contributed by atoms with Gasteiger partial charge in [-0.2, -0.15) is 8.78 Å². The molecule has 0 unspecified atom stereocenters. The molecule has 0 spiro atoms. The van der Waals surface area contributed by atoms with E-state index in [0.29, 0.717) is 22.6 Å². The van der Waals surface area contributed by atoms with Crippen molar-refractivity contribution >= 4 is 11.8 Å². The number of nitrogens with zero attached hydrogens (tertiary/aromatic N) is 5. The Kier molecular flexibility index (Phi) is 3.92. The third kappa shape index (κ3) is 2.51. The first-order chi connectivity index (χ1) is 8.63. The highest BCUT2D eigenvalue weighted by atomic mass is 32.2. The third-order valence-corrected chi connectivity index (χ3v) is 3.41. The van der Waals surface area contributed by atoms with E-state index < -0.39 is 6.55 Å². The smallest absolute Gasteiger partial charge is 0.319 e. The SMILES string of the molecule is Cn1c(CN)nnc1SCc1nccn1C(F)F. The van der Waals surface area contributed by atoms with Crippen LogP contribution < -0.4 is 5.73 Å². The fourth-order valence-corrected chi connectivity index (χ4v) is 2.29. The van der Waals surface area contributed by atoms with Gasteiger partial charge in [-0.3, -0.25) is 4.57 Å². The molecule has 0 bridgehead atoms. The van der Waals surface area contributed by atoms with Gasteiger partial charge in [-0.05, 0) is 0 Å². The lowest BCUT2D eigenvalue weighted by atomic mass is 10.6. The number of nitrogens with two attached hydrogens (primary N) is 1. The predicted octanol–water partition coefficient (Wildman–Crippen LogP) is 1.16. The average Bonchev–Trinajstić information content (AvgIpc) is 2.93. The van der Waals surface area contributed by atoms with Crippen molar-refractivity contribution in [3.05, 3.63) is 24.0 Å². The fraction of sp³-hybridized carbons (Fsp3) is 0.444. The summed E-state index contributed by atoms with van der Waals surface area (Å²) in [7, 11) is 1.78. The summed E-state index contributed by atoms with van der Waals surface area (Å²) in [5.41, 5.74) is 5.47. The number of hydrogen-bond donors (Lipinski definition) is 1. The molecule has 2 aromatic rings. The second kappa shape index (κ2) is 5.44. The maximum atomic E-state index is 12.6. The fourth-order valence-electron chi connectivity index (χ4n) is 1.41. The Labute approximate surface area is 106 Å². The highest BCUT2D eigenvalue weighted by Crippen LogP contribution is 2.22. The molecule has 0 saturated heterocycles. The molecule has 18 heavy (non-hydrogen) atoms. The van der Waals surface area contributed by atoms with Crippen LogP contribution in [-0.2, 0) is 19.3 Å². The lowest BCUT2D eigenvalue weighted by molar-refractivity contribution is 0.0678. The van der Waals surface area contributed by atoms with E-state index in [0.717, 1.165) is 4.57 Å². The van der Waals surface area contributed by atoms with E-state index >= 15 is 0 Å². The molecule has 9 heteroatoms. The minimum absolute atomic E-state index is 0.287. The summed E-state index contributed by atoms with van der Waals surface area (Å²) < 4.78 is 27.7. The minimum Gasteiger partial charge on any atom is -0.324 e. The zero-order chi connectivity index (χ0) is 13.1. The Morgan fingerprint density at radius 1 is 1.39 bits per heavy atom. The maximum absolute atomic E-state index is 12.6. The van der Waals surface area contributed by atoms with Crippen LogP contribution in [0.25, 0.3) is 0 Å². The molecule has 6 nitrogen and oxygen atoms in total. The quantitative estimate of drug-likeness (QED) is 0.828. The number of alkyl halides is 2. The van der Waals surface area contributed by atoms with Crippen LogP contribution >= 0.6 is 11.8 Å². The van der Waals surface area contributed by atoms with Crippen LogP contribution in [0, 0.1) is 0 Å². The molecule has 0 aliphatic carbocycles. The van der Waals surface area contributed by atoms with Gasteiger partial charge in [-0.25, -0.2) is 4.98 Å². The first-order valence-electron chi connectivity index (χ1n) is 5.14. The van der Waals surface area contributed by atoms with E-state index in [1.807, 2.05) is 0 Å². The molecule has 98 valence electrons. The standard InChI is InChI=1S/C9H12F2N6S/c1-16-6(4-12)14-15-9(16)18-5-7-13-2-3-17(7)8(10)11/h2-3,8H,4-5,12H2,1H3. The molecule has 2 aromatic heterocycles. The van der Waals surface area contributed by atoms with E-state index in [9.17, 15) is 8.78 Å². The van der Waals surface area contributed by atoms with Gasteiger partial charge in [0.2, 0.25) is 0 Å². The van der Waals surface area contributed by atoms with Gasteiger partial charge in [0.15, 0.2) is 5.16 Å². The summed E-state index contributed by atoms with van der Waals surface area (Å²) in [6.45, 7) is -2.29. The number of imidazole rings is 1. The van der Waals surface area contributed by atoms with E-state index in [1.165, 1.54) is 24.2 Å². The van der Waals surface area contributed by atoms with Crippen molar-refractivity contribution < 1.29 is 8.78 Å². The van der Waals surface area contributed by atoms with Crippen molar-refractivity contribution in [3.8, 4) is 0 Å². The van der Waals surface area contributed by atoms with Gasteiger partial charge in [-0.15, -0.1) is 10.2 Å². The Bertz CT molecular complexity index is 523. The largest absolute Gasteiger partial charge is 0.324 e. The second-order valence-corrected chi connectivity index (χ2v) is 4.42. The molecule has 0 aliphatic heterocycles. The van der Waals surface area contributed by atoms with Crippen molar-refractivity contribution in [2.75, 3.05) is 0 Å². The van der Waals surface area contributed by atoms with Crippen LogP contribution in [0.5, 0.6) is 0 Å². The first kappa shape index (κ1) is 13.0. The molecule has 0 aromatic carbocycles. The van der Waals surface area contributed by atoms with E-state index in [-0.39, 0.29) is 6.54 Å². The zero-order valence-corrected chi connectivity index (χ0v) is 10.4. The van der Waals surface area contributed by atoms with Crippen LogP contribution in [0.4, 0.5) is 8.78 Å². The zero-order valence-electron chi connectivity index (χ0n) is 9.62. The van der Waals surface area contributed by atoms with Crippen LogP contribution in [0.15, 0.2) is 17.6 Å². The van der Waals surface area contributed by atoms with Crippen LogP contribution in [0.3, 0.4) is 0 Å². The molecule has 2 heterocycles. The van der Waals surface area contributed by atoms with Gasteiger partial charge in [0, 0.05) is 19.4 Å². The Morgan fingerprint density at radius 2 is 2.17 bits per heavy atom. The monoisotopic (exact) mass is 274 g/mol. The summed E-state index contributed by atoms with van der Waals surface area (Å²) in [6, 6.07) is 0. The molecular weight excluding hydrogens is 262 g/mol. The normalized spacial score (nSPS) is 11.4. The van der Waals surface area contributed by atoms with Gasteiger partial charge in [0.1, 0.15) is 11.6 Å². The van der Waals surface area contributed by atoms with Crippen LogP contribution in [0.2, 0.25) is 0 Å². The number of halogens is 2. The lowest BCUT2D eigenvalue weighted by Gasteiger charge is -2.05. The lowest BCUT2D eigenvalue weighted by Crippen LogP contribution is -2.06. The predicted molar refractivity (Wildman–Crippen MR) is 61.9 cm³/mol. The van der Waals surface area contributed by atoms with Crippen molar-refractivity contribution in [2.45, 2.75) is 24.0 Å². The maximum Gasteiger partial charge on any atom is 0.319 e. The molecular formula is C9H12F2N6S. The van der Waals surface area contributed by atoms with Gasteiger partial charge in [-0.1, -0.05) is 11.8 Å². The Balaban J connectivity index is 2.07. The van der Waals surface area contributed by atoms with Crippen LogP contribution in [0.1, 0.15) is 18.2 Å². The summed E-state index contributed by atoms with van der Waals surface area (Å²) in [5.74, 6) is 1.25. The number of thioether (sulfide) groups is 1. The average molecular weight is 274 g/mol. The number of aromatic nitrogens is 5. The van der Waals surface area contributed by atoms with Gasteiger partial charge >= 0.3 is 6.55 Å². The van der Waals surface area contributed by atoms with E-state index in [4.69, 9.17) is 5.73 Å². The topological polar surface area (TPSA) is 74.6 Å². The Morgan fingerprint density at radius 3 is 2.78 bits per heavy atom. The molecule has 2 rings (SSSR count). The Hall–Kier alpha value is -1.48. The van der Waals surface area contributed by atoms with Gasteiger partial charge in [0.25, 0.3) is 0 Å². The third-order valence-electron chi connectivity index (χ3n) is 2.40. The number of hydrogen-bond acceptors (Lipinski definition) is 5. The molecule has 0 amide bonds. The summed E-state index contributed by atoms with van der Waals surface area (Å²) >= 11 is 1.29. The van der Waals surface area contributed by atoms with Crippen molar-refractivity contribution in [1.82, 2.24) is 24.3 Å². The first-order valence-corrected chi connectivity index (χ1v) is 6.13. The highest BCUT2D eigenvalue weighted by molar-refractivity contribution is 7.98.